The van der Waals surface area contributed by atoms with E-state index in [-0.39, 0.29) is 43.0 Å². The number of amides is 1. The first kappa shape index (κ1) is 36.2. The number of hydrogen-bond donors (Lipinski definition) is 2. The van der Waals surface area contributed by atoms with Crippen molar-refractivity contribution in [2.24, 2.45) is 26.3 Å². The molecule has 2 N–H and O–H groups in total. The average Bonchev–Trinajstić information content (AvgIpc) is 3.73. The number of esters is 2. The molecule has 1 amide bonds. The molecule has 0 radical (unpaired) electrons. The molecule has 0 aromatic heterocycles. The zero-order chi connectivity index (χ0) is 36.5. The average molecular weight is 682 g/mol. The molecule has 50 heavy (non-hydrogen) atoms. The molecule has 264 valence electrons. The van der Waals surface area contributed by atoms with E-state index in [9.17, 15) is 19.5 Å². The molecule has 2 atom stereocenters. The molecule has 5 rings (SSSR count). The number of ether oxygens (including phenoxy) is 2. The van der Waals surface area contributed by atoms with Crippen molar-refractivity contribution in [1.82, 2.24) is 10.2 Å². The Morgan fingerprint density at radius 2 is 1.48 bits per heavy atom. The van der Waals surface area contributed by atoms with Crippen molar-refractivity contribution in [2.45, 2.75) is 73.1 Å². The summed E-state index contributed by atoms with van der Waals surface area (Å²) < 4.78 is 9.91. The summed E-state index contributed by atoms with van der Waals surface area (Å²) in [7, 11) is 6.27. The number of aliphatic hydroxyl groups is 1. The summed E-state index contributed by atoms with van der Waals surface area (Å²) in [4.78, 5) is 54.6. The van der Waals surface area contributed by atoms with Gasteiger partial charge < -0.3 is 24.8 Å². The smallest absolute Gasteiger partial charge is 0.305 e. The first-order valence-corrected chi connectivity index (χ1v) is 17.0. The van der Waals surface area contributed by atoms with Gasteiger partial charge in [0.2, 0.25) is 5.91 Å². The van der Waals surface area contributed by atoms with E-state index in [0.717, 1.165) is 57.7 Å². The Morgan fingerprint density at radius 3 is 2.08 bits per heavy atom. The van der Waals surface area contributed by atoms with Crippen molar-refractivity contribution in [1.29, 1.82) is 0 Å². The second-order valence-corrected chi connectivity index (χ2v) is 13.6. The minimum Gasteiger partial charge on any atom is -0.515 e. The Bertz CT molecular complexity index is 1890. The predicted molar refractivity (Wildman–Crippen MR) is 194 cm³/mol. The van der Waals surface area contributed by atoms with Gasteiger partial charge in [0.25, 0.3) is 0 Å². The van der Waals surface area contributed by atoms with Crippen molar-refractivity contribution in [3.8, 4) is 0 Å². The Hall–Kier alpha value is -5.06. The van der Waals surface area contributed by atoms with Crippen molar-refractivity contribution in [3.63, 3.8) is 0 Å². The molecule has 5 heterocycles. The van der Waals surface area contributed by atoms with Crippen LogP contribution in [-0.2, 0) is 23.9 Å². The lowest BCUT2D eigenvalue weighted by Crippen LogP contribution is -2.33. The van der Waals surface area contributed by atoms with E-state index in [0.29, 0.717) is 46.9 Å². The third kappa shape index (κ3) is 6.73. The number of methoxy groups -OCH3 is 2. The second kappa shape index (κ2) is 14.4. The van der Waals surface area contributed by atoms with Crippen LogP contribution in [0, 0.1) is 11.3 Å². The summed E-state index contributed by atoms with van der Waals surface area (Å²) in [6.07, 6.45) is 11.0. The second-order valence-electron chi connectivity index (χ2n) is 13.6. The SMILES string of the molecule is CC[C@@H]1C2=CC3=C(C)/C(=C\O)C(=N3)C=C3N=C(C=C4N=C(C=C(N2)[C@]1(C)CC(=O)N(C)C)C(C)=C4CCC(=O)OC)C(CCC(=O)OC)=C3C. The van der Waals surface area contributed by atoms with Crippen LogP contribution in [0.1, 0.15) is 73.1 Å². The third-order valence-electron chi connectivity index (χ3n) is 10.4. The van der Waals surface area contributed by atoms with Gasteiger partial charge in [-0.3, -0.25) is 14.4 Å². The zero-order valence-electron chi connectivity index (χ0n) is 30.5. The number of allylic oxidation sites excluding steroid dienone is 12. The third-order valence-corrected chi connectivity index (χ3v) is 10.4. The lowest BCUT2D eigenvalue weighted by molar-refractivity contribution is -0.141. The minimum absolute atomic E-state index is 0.00939. The normalized spacial score (nSPS) is 23.6. The summed E-state index contributed by atoms with van der Waals surface area (Å²) in [5.74, 6) is -0.691. The van der Waals surface area contributed by atoms with E-state index in [1.165, 1.54) is 14.2 Å². The van der Waals surface area contributed by atoms with Gasteiger partial charge >= 0.3 is 11.9 Å². The standard InChI is InChI=1S/C39H47N5O6/c1-10-27-34-16-29-23(4)26(20-45)33(41-29)15-28-21(2)24(11-13-37(47)49-8)31(40-28)17-32-25(12-14-38(48)50-9)22(3)30(42-32)18-35(43-34)39(27,5)19-36(46)44(6)7/h15-18,20,27,43,45H,10-14,19H2,1-9H3/b26-20+,28-15?,32-17?,34-16?,35-18?/t27-,39-/m1/s1. The minimum atomic E-state index is -0.599. The molecule has 11 heteroatoms. The number of aliphatic imine (C=N–C) groups is 3. The molecule has 8 bridgehead atoms. The van der Waals surface area contributed by atoms with Gasteiger partial charge in [-0.25, -0.2) is 15.0 Å². The van der Waals surface area contributed by atoms with E-state index in [4.69, 9.17) is 24.5 Å². The predicted octanol–water partition coefficient (Wildman–Crippen LogP) is 6.27. The highest BCUT2D eigenvalue weighted by Gasteiger charge is 2.47. The lowest BCUT2D eigenvalue weighted by Gasteiger charge is -2.31. The first-order chi connectivity index (χ1) is 23.8. The summed E-state index contributed by atoms with van der Waals surface area (Å²) in [6, 6.07) is 0. The number of rotatable bonds is 9. The Morgan fingerprint density at radius 1 is 0.860 bits per heavy atom. The molecule has 1 saturated heterocycles. The summed E-state index contributed by atoms with van der Waals surface area (Å²) in [6.45, 7) is 10.1. The van der Waals surface area contributed by atoms with Crippen molar-refractivity contribution in [3.05, 3.63) is 92.5 Å². The fraction of sp³-hybridized carbons (Fsp3) is 0.436. The largest absolute Gasteiger partial charge is 0.515 e. The lowest BCUT2D eigenvalue weighted by atomic mass is 9.72. The van der Waals surface area contributed by atoms with Gasteiger partial charge in [0.15, 0.2) is 0 Å². The van der Waals surface area contributed by atoms with E-state index in [1.54, 1.807) is 19.0 Å². The topological polar surface area (TPSA) is 142 Å². The Balaban J connectivity index is 1.78. The maximum absolute atomic E-state index is 13.3. The van der Waals surface area contributed by atoms with Crippen LogP contribution in [0.15, 0.2) is 107 Å². The molecule has 1 fully saturated rings. The highest BCUT2D eigenvalue weighted by molar-refractivity contribution is 6.18. The Labute approximate surface area is 294 Å². The number of nitrogens with zero attached hydrogens (tertiary/aromatic N) is 4. The molecule has 11 nitrogen and oxygen atoms in total. The molecule has 0 saturated carbocycles. The molecule has 0 spiro atoms. The van der Waals surface area contributed by atoms with E-state index < -0.39 is 5.41 Å². The van der Waals surface area contributed by atoms with E-state index in [1.807, 2.05) is 45.1 Å². The first-order valence-electron chi connectivity index (χ1n) is 17.0. The van der Waals surface area contributed by atoms with Crippen LogP contribution >= 0.6 is 0 Å². The number of carbonyl (C=O) groups is 3. The van der Waals surface area contributed by atoms with Gasteiger partial charge in [-0.15, -0.1) is 0 Å². The quantitative estimate of drug-likeness (QED) is 0.216. The molecule has 5 aliphatic rings. The summed E-state index contributed by atoms with van der Waals surface area (Å²) >= 11 is 0. The molecular weight excluding hydrogens is 634 g/mol. The van der Waals surface area contributed by atoms with Crippen LogP contribution in [0.5, 0.6) is 0 Å². The van der Waals surface area contributed by atoms with Crippen LogP contribution < -0.4 is 5.32 Å². The zero-order valence-corrected chi connectivity index (χ0v) is 30.5. The Kier molecular flexibility index (Phi) is 10.5. The van der Waals surface area contributed by atoms with Crippen LogP contribution in [-0.4, -0.2) is 73.3 Å². The fourth-order valence-electron chi connectivity index (χ4n) is 7.24. The maximum atomic E-state index is 13.3. The fourth-order valence-corrected chi connectivity index (χ4v) is 7.24. The van der Waals surface area contributed by atoms with Gasteiger partial charge in [0, 0.05) is 61.7 Å². The highest BCUT2D eigenvalue weighted by atomic mass is 16.5. The van der Waals surface area contributed by atoms with Gasteiger partial charge in [-0.05, 0) is 92.2 Å². The monoisotopic (exact) mass is 681 g/mol. The van der Waals surface area contributed by atoms with Crippen molar-refractivity contribution < 1.29 is 29.0 Å². The highest BCUT2D eigenvalue weighted by Crippen LogP contribution is 2.50. The molecule has 0 aromatic carbocycles. The van der Waals surface area contributed by atoms with Gasteiger partial charge in [0.05, 0.1) is 54.7 Å². The number of aliphatic hydroxyl groups excluding tert-OH is 1. The van der Waals surface area contributed by atoms with Gasteiger partial charge in [-0.1, -0.05) is 13.8 Å². The van der Waals surface area contributed by atoms with Gasteiger partial charge in [0.1, 0.15) is 0 Å². The maximum Gasteiger partial charge on any atom is 0.305 e. The van der Waals surface area contributed by atoms with Crippen LogP contribution in [0.2, 0.25) is 0 Å². The van der Waals surface area contributed by atoms with Crippen LogP contribution in [0.4, 0.5) is 0 Å². The number of fused-ring (bicyclic) bond motifs is 5. The van der Waals surface area contributed by atoms with E-state index >= 15 is 0 Å². The van der Waals surface area contributed by atoms with E-state index in [2.05, 4.69) is 19.2 Å². The molecule has 0 aromatic rings. The van der Waals surface area contributed by atoms with Crippen LogP contribution in [0.3, 0.4) is 0 Å². The number of carbonyl (C=O) groups excluding carboxylic acids is 3. The number of nitrogens with one attached hydrogen (secondary N) is 1. The molecule has 0 aliphatic carbocycles. The summed E-state index contributed by atoms with van der Waals surface area (Å²) in [5, 5.41) is 14.1. The van der Waals surface area contributed by atoms with Crippen LogP contribution in [0.25, 0.3) is 0 Å². The molecule has 5 aliphatic heterocycles. The van der Waals surface area contributed by atoms with Crippen molar-refractivity contribution >= 4 is 35.0 Å². The number of hydrogen-bond acceptors (Lipinski definition) is 10. The molecular formula is C39H47N5O6. The summed E-state index contributed by atoms with van der Waals surface area (Å²) in [5.41, 5.74) is 10.1. The van der Waals surface area contributed by atoms with Gasteiger partial charge in [-0.2, -0.15) is 0 Å². The van der Waals surface area contributed by atoms with Crippen molar-refractivity contribution in [2.75, 3.05) is 28.3 Å². The molecule has 0 unspecified atom stereocenters.